The van der Waals surface area contributed by atoms with Crippen molar-refractivity contribution in [2.75, 3.05) is 0 Å². The fraction of sp³-hybridized carbons (Fsp3) is 0.444. The quantitative estimate of drug-likeness (QED) is 0.570. The minimum atomic E-state index is -0.999. The number of allylic oxidation sites excluding steroid dienone is 2. The van der Waals surface area contributed by atoms with Gasteiger partial charge in [-0.05, 0) is 19.9 Å². The molecule has 0 aromatic carbocycles. The summed E-state index contributed by atoms with van der Waals surface area (Å²) in [5.41, 5.74) is -0.00581. The Morgan fingerprint density at radius 3 is 2.82 bits per heavy atom. The summed E-state index contributed by atoms with van der Waals surface area (Å²) in [5, 5.41) is 9.65. The first kappa shape index (κ1) is 8.21. The third-order valence-electron chi connectivity index (χ3n) is 1.91. The molecule has 1 rings (SSSR count). The number of hydrogen-bond acceptors (Lipinski definition) is 2. The van der Waals surface area contributed by atoms with E-state index in [2.05, 4.69) is 0 Å². The molecular formula is C9H12O2. The van der Waals surface area contributed by atoms with Crippen molar-refractivity contribution in [2.45, 2.75) is 19.4 Å². The summed E-state index contributed by atoms with van der Waals surface area (Å²) in [6.07, 6.45) is 6.03. The first-order valence-electron chi connectivity index (χ1n) is 3.61. The second kappa shape index (κ2) is 2.62. The molecule has 2 nitrogen and oxygen atoms in total. The van der Waals surface area contributed by atoms with Crippen molar-refractivity contribution in [1.82, 2.24) is 0 Å². The number of aliphatic hydroxyl groups is 1. The van der Waals surface area contributed by atoms with Crippen LogP contribution in [0.2, 0.25) is 0 Å². The highest BCUT2D eigenvalue weighted by Gasteiger charge is 2.29. The lowest BCUT2D eigenvalue weighted by atomic mass is 9.84. The van der Waals surface area contributed by atoms with E-state index in [1.807, 2.05) is 13.0 Å². The Morgan fingerprint density at radius 1 is 1.73 bits per heavy atom. The molecule has 2 heteroatoms. The molecule has 0 saturated heterocycles. The van der Waals surface area contributed by atoms with E-state index in [1.165, 1.54) is 0 Å². The van der Waals surface area contributed by atoms with Gasteiger partial charge in [0.15, 0.2) is 0 Å². The molecule has 0 amide bonds. The van der Waals surface area contributed by atoms with Crippen molar-refractivity contribution in [3.8, 4) is 0 Å². The van der Waals surface area contributed by atoms with E-state index in [9.17, 15) is 9.90 Å². The number of rotatable bonds is 1. The zero-order valence-electron chi connectivity index (χ0n) is 6.74. The highest BCUT2D eigenvalue weighted by atomic mass is 16.3. The Labute approximate surface area is 66.2 Å². The van der Waals surface area contributed by atoms with Gasteiger partial charge in [-0.3, -0.25) is 0 Å². The van der Waals surface area contributed by atoms with Crippen molar-refractivity contribution in [3.05, 3.63) is 23.8 Å². The third kappa shape index (κ3) is 1.57. The van der Waals surface area contributed by atoms with Crippen LogP contribution in [-0.4, -0.2) is 17.0 Å². The predicted octanol–water partition coefficient (Wildman–Crippen LogP) is 1.07. The Balaban J connectivity index is 2.92. The first-order chi connectivity index (χ1) is 5.06. The maximum Gasteiger partial charge on any atom is 0.130 e. The Bertz CT molecular complexity index is 224. The molecule has 0 aromatic heterocycles. The van der Waals surface area contributed by atoms with Crippen molar-refractivity contribution < 1.29 is 9.90 Å². The van der Waals surface area contributed by atoms with Crippen LogP contribution in [0.25, 0.3) is 0 Å². The number of carbonyl (C=O) groups is 1. The van der Waals surface area contributed by atoms with Crippen LogP contribution in [-0.2, 0) is 4.79 Å². The van der Waals surface area contributed by atoms with Gasteiger partial charge in [0, 0.05) is 0 Å². The molecule has 0 heterocycles. The normalized spacial score (nSPS) is 36.6. The van der Waals surface area contributed by atoms with Crippen LogP contribution in [0.15, 0.2) is 23.8 Å². The van der Waals surface area contributed by atoms with Crippen molar-refractivity contribution >= 4 is 6.29 Å². The maximum atomic E-state index is 10.4. The molecule has 2 atom stereocenters. The molecule has 1 aliphatic rings. The second-order valence-corrected chi connectivity index (χ2v) is 3.14. The van der Waals surface area contributed by atoms with Gasteiger partial charge >= 0.3 is 0 Å². The average molecular weight is 152 g/mol. The molecule has 0 aliphatic heterocycles. The Kier molecular flexibility index (Phi) is 1.96. The molecule has 1 N–H and O–H groups in total. The molecule has 0 spiro atoms. The summed E-state index contributed by atoms with van der Waals surface area (Å²) in [5.74, 6) is -0.397. The molecular weight excluding hydrogens is 140 g/mol. The fourth-order valence-corrected chi connectivity index (χ4v) is 1.24. The van der Waals surface area contributed by atoms with Crippen molar-refractivity contribution in [1.29, 1.82) is 0 Å². The van der Waals surface area contributed by atoms with Gasteiger partial charge in [-0.1, -0.05) is 17.7 Å². The molecule has 0 radical (unpaired) electrons. The van der Waals surface area contributed by atoms with Crippen LogP contribution in [0, 0.1) is 5.92 Å². The van der Waals surface area contributed by atoms with Crippen LogP contribution < -0.4 is 0 Å². The number of aldehydes is 1. The van der Waals surface area contributed by atoms with Crippen LogP contribution in [0.4, 0.5) is 0 Å². The summed E-state index contributed by atoms with van der Waals surface area (Å²) >= 11 is 0. The summed E-state index contributed by atoms with van der Waals surface area (Å²) in [7, 11) is 0. The van der Waals surface area contributed by atoms with E-state index in [1.54, 1.807) is 19.1 Å². The van der Waals surface area contributed by atoms with Gasteiger partial charge < -0.3 is 9.90 Å². The van der Waals surface area contributed by atoms with Crippen LogP contribution in [0.1, 0.15) is 13.8 Å². The van der Waals surface area contributed by atoms with Gasteiger partial charge in [-0.15, -0.1) is 0 Å². The van der Waals surface area contributed by atoms with Gasteiger partial charge in [0.25, 0.3) is 0 Å². The smallest absolute Gasteiger partial charge is 0.130 e. The van der Waals surface area contributed by atoms with Gasteiger partial charge in [0.05, 0.1) is 11.5 Å². The van der Waals surface area contributed by atoms with E-state index in [0.29, 0.717) is 0 Å². The van der Waals surface area contributed by atoms with E-state index in [-0.39, 0.29) is 0 Å². The standard InChI is InChI=1S/C9H12O2/c1-7-3-4-8(6-10)9(2,11)5-7/h3-6,8,11H,1-2H3. The summed E-state index contributed by atoms with van der Waals surface area (Å²) < 4.78 is 0. The molecule has 0 saturated carbocycles. The average Bonchev–Trinajstić information content (AvgIpc) is 1.85. The Morgan fingerprint density at radius 2 is 2.36 bits per heavy atom. The van der Waals surface area contributed by atoms with E-state index < -0.39 is 11.5 Å². The molecule has 0 fully saturated rings. The van der Waals surface area contributed by atoms with Gasteiger partial charge in [0.1, 0.15) is 6.29 Å². The minimum absolute atomic E-state index is 0.397. The second-order valence-electron chi connectivity index (χ2n) is 3.14. The first-order valence-corrected chi connectivity index (χ1v) is 3.61. The predicted molar refractivity (Wildman–Crippen MR) is 43.1 cm³/mol. The third-order valence-corrected chi connectivity index (χ3v) is 1.91. The van der Waals surface area contributed by atoms with Gasteiger partial charge in [0.2, 0.25) is 0 Å². The zero-order chi connectivity index (χ0) is 8.48. The molecule has 11 heavy (non-hydrogen) atoms. The molecule has 0 bridgehead atoms. The highest BCUT2D eigenvalue weighted by Crippen LogP contribution is 2.24. The lowest BCUT2D eigenvalue weighted by Crippen LogP contribution is -2.33. The van der Waals surface area contributed by atoms with Crippen LogP contribution in [0.3, 0.4) is 0 Å². The molecule has 60 valence electrons. The zero-order valence-corrected chi connectivity index (χ0v) is 6.74. The summed E-state index contributed by atoms with van der Waals surface area (Å²) in [4.78, 5) is 10.4. The van der Waals surface area contributed by atoms with Crippen LogP contribution >= 0.6 is 0 Å². The molecule has 2 unspecified atom stereocenters. The van der Waals surface area contributed by atoms with Crippen LogP contribution in [0.5, 0.6) is 0 Å². The fourth-order valence-electron chi connectivity index (χ4n) is 1.24. The topological polar surface area (TPSA) is 37.3 Å². The monoisotopic (exact) mass is 152 g/mol. The Hall–Kier alpha value is -0.890. The largest absolute Gasteiger partial charge is 0.385 e. The van der Waals surface area contributed by atoms with E-state index in [4.69, 9.17) is 0 Å². The minimum Gasteiger partial charge on any atom is -0.385 e. The SMILES string of the molecule is CC1=CC(C)(O)C(C=O)C=C1. The maximum absolute atomic E-state index is 10.4. The molecule has 0 aromatic rings. The molecule has 1 aliphatic carbocycles. The highest BCUT2D eigenvalue weighted by molar-refractivity contribution is 5.61. The van der Waals surface area contributed by atoms with Crippen molar-refractivity contribution in [2.24, 2.45) is 5.92 Å². The lowest BCUT2D eigenvalue weighted by molar-refractivity contribution is -0.114. The number of hydrogen-bond donors (Lipinski definition) is 1. The van der Waals surface area contributed by atoms with Gasteiger partial charge in [-0.25, -0.2) is 0 Å². The summed E-state index contributed by atoms with van der Waals surface area (Å²) in [6, 6.07) is 0. The van der Waals surface area contributed by atoms with Gasteiger partial charge in [-0.2, -0.15) is 0 Å². The van der Waals surface area contributed by atoms with E-state index in [0.717, 1.165) is 11.9 Å². The van der Waals surface area contributed by atoms with E-state index >= 15 is 0 Å². The summed E-state index contributed by atoms with van der Waals surface area (Å²) in [6.45, 7) is 3.53. The number of carbonyl (C=O) groups excluding carboxylic acids is 1. The van der Waals surface area contributed by atoms with Crippen molar-refractivity contribution in [3.63, 3.8) is 0 Å². The lowest BCUT2D eigenvalue weighted by Gasteiger charge is -2.26.